The van der Waals surface area contributed by atoms with Gasteiger partial charge < -0.3 is 15.9 Å². The molecule has 10 nitrogen and oxygen atoms in total. The number of imidazole rings is 1. The minimum atomic E-state index is -3.84. The normalized spacial score (nSPS) is 11.9. The molecule has 0 aliphatic rings. The molecule has 0 unspecified atom stereocenters. The van der Waals surface area contributed by atoms with Crippen molar-refractivity contribution in [3.05, 3.63) is 11.6 Å². The molecule has 2 aromatic rings. The average molecular weight is 334 g/mol. The lowest BCUT2D eigenvalue weighted by molar-refractivity contribution is -0.122. The van der Waals surface area contributed by atoms with Crippen molar-refractivity contribution in [3.8, 4) is 0 Å². The third-order valence-corrected chi connectivity index (χ3v) is 4.63. The van der Waals surface area contributed by atoms with E-state index in [9.17, 15) is 13.2 Å². The molecule has 0 bridgehead atoms. The predicted molar refractivity (Wildman–Crippen MR) is 76.1 cm³/mol. The van der Waals surface area contributed by atoms with Crippen LogP contribution in [-0.4, -0.2) is 43.5 Å². The molecular weight excluding hydrogens is 320 g/mol. The Hall–Kier alpha value is -1.73. The third kappa shape index (κ3) is 3.48. The van der Waals surface area contributed by atoms with Gasteiger partial charge in [0.15, 0.2) is 10.8 Å². The van der Waals surface area contributed by atoms with Gasteiger partial charge in [0.2, 0.25) is 10.9 Å². The van der Waals surface area contributed by atoms with Crippen molar-refractivity contribution in [2.45, 2.75) is 5.03 Å². The van der Waals surface area contributed by atoms with Crippen molar-refractivity contribution in [1.29, 1.82) is 0 Å². The summed E-state index contributed by atoms with van der Waals surface area (Å²) in [6.07, 6.45) is 1.58. The van der Waals surface area contributed by atoms with Crippen LogP contribution in [0.5, 0.6) is 0 Å². The minimum absolute atomic E-state index is 0.0130. The number of thiazole rings is 1. The summed E-state index contributed by atoms with van der Waals surface area (Å²) in [5, 5.41) is 1.62. The van der Waals surface area contributed by atoms with Crippen molar-refractivity contribution in [2.75, 3.05) is 25.2 Å². The number of nitrogens with two attached hydrogens (primary N) is 2. The van der Waals surface area contributed by atoms with E-state index in [-0.39, 0.29) is 30.6 Å². The molecule has 0 saturated carbocycles. The van der Waals surface area contributed by atoms with E-state index in [0.29, 0.717) is 4.96 Å². The fraction of sp³-hybridized carbons (Fsp3) is 0.333. The SMILES string of the molecule is NNc1nc2sccn2c1S(=O)(=O)NCCOCC(N)=O. The van der Waals surface area contributed by atoms with E-state index >= 15 is 0 Å². The first-order valence-corrected chi connectivity index (χ1v) is 8.10. The molecule has 0 aromatic carbocycles. The Kier molecular flexibility index (Phi) is 4.74. The van der Waals surface area contributed by atoms with Crippen molar-refractivity contribution in [2.24, 2.45) is 11.6 Å². The topological polar surface area (TPSA) is 154 Å². The van der Waals surface area contributed by atoms with Gasteiger partial charge in [0.05, 0.1) is 6.61 Å². The molecule has 21 heavy (non-hydrogen) atoms. The van der Waals surface area contributed by atoms with Gasteiger partial charge in [-0.1, -0.05) is 0 Å². The summed E-state index contributed by atoms with van der Waals surface area (Å²) in [7, 11) is -3.84. The van der Waals surface area contributed by atoms with Gasteiger partial charge in [0, 0.05) is 18.1 Å². The molecule has 0 atom stereocenters. The number of anilines is 1. The number of nitrogens with one attached hydrogen (secondary N) is 2. The zero-order chi connectivity index (χ0) is 15.5. The van der Waals surface area contributed by atoms with Gasteiger partial charge in [-0.25, -0.2) is 19.0 Å². The second-order valence-corrected chi connectivity index (χ2v) is 6.44. The number of carbonyl (C=O) groups is 1. The van der Waals surface area contributed by atoms with E-state index in [1.165, 1.54) is 15.7 Å². The van der Waals surface area contributed by atoms with E-state index in [1.807, 2.05) is 0 Å². The molecule has 0 radical (unpaired) electrons. The quantitative estimate of drug-likeness (QED) is 0.259. The van der Waals surface area contributed by atoms with Crippen LogP contribution in [0.15, 0.2) is 16.6 Å². The molecule has 0 aliphatic heterocycles. The van der Waals surface area contributed by atoms with Gasteiger partial charge in [0.1, 0.15) is 6.61 Å². The number of rotatable bonds is 8. The Labute approximate surface area is 124 Å². The molecule has 6 N–H and O–H groups in total. The van der Waals surface area contributed by atoms with Crippen LogP contribution in [0.4, 0.5) is 5.82 Å². The zero-order valence-corrected chi connectivity index (χ0v) is 12.4. The summed E-state index contributed by atoms with van der Waals surface area (Å²) in [5.41, 5.74) is 7.15. The largest absolute Gasteiger partial charge is 0.370 e. The Bertz CT molecular complexity index is 737. The van der Waals surface area contributed by atoms with Gasteiger partial charge in [-0.05, 0) is 0 Å². The highest BCUT2D eigenvalue weighted by atomic mass is 32.2. The number of ether oxygens (including phenoxy) is 1. The van der Waals surface area contributed by atoms with Crippen molar-refractivity contribution >= 4 is 38.0 Å². The first kappa shape index (κ1) is 15.7. The highest BCUT2D eigenvalue weighted by Gasteiger charge is 2.25. The fourth-order valence-electron chi connectivity index (χ4n) is 1.61. The van der Waals surface area contributed by atoms with E-state index in [1.54, 1.807) is 11.6 Å². The molecule has 0 fully saturated rings. The van der Waals surface area contributed by atoms with E-state index in [0.717, 1.165) is 0 Å². The number of fused-ring (bicyclic) bond motifs is 1. The minimum Gasteiger partial charge on any atom is -0.370 e. The Morgan fingerprint density at radius 1 is 1.52 bits per heavy atom. The van der Waals surface area contributed by atoms with Crippen molar-refractivity contribution in [3.63, 3.8) is 0 Å². The fourth-order valence-corrected chi connectivity index (χ4v) is 3.63. The number of aromatic nitrogens is 2. The second kappa shape index (κ2) is 6.36. The van der Waals surface area contributed by atoms with Crippen LogP contribution in [-0.2, 0) is 19.6 Å². The number of primary amides is 1. The van der Waals surface area contributed by atoms with Gasteiger partial charge in [-0.2, -0.15) is 4.98 Å². The average Bonchev–Trinajstić information content (AvgIpc) is 2.96. The molecular formula is C9H14N6O4S2. The maximum atomic E-state index is 12.3. The van der Waals surface area contributed by atoms with Gasteiger partial charge in [-0.15, -0.1) is 11.3 Å². The van der Waals surface area contributed by atoms with E-state index < -0.39 is 15.9 Å². The maximum Gasteiger partial charge on any atom is 0.260 e. The van der Waals surface area contributed by atoms with Crippen LogP contribution in [0, 0.1) is 0 Å². The highest BCUT2D eigenvalue weighted by molar-refractivity contribution is 7.89. The van der Waals surface area contributed by atoms with Crippen molar-refractivity contribution < 1.29 is 17.9 Å². The third-order valence-electron chi connectivity index (χ3n) is 2.39. The predicted octanol–water partition coefficient (Wildman–Crippen LogP) is -1.54. The molecule has 116 valence electrons. The van der Waals surface area contributed by atoms with Crippen molar-refractivity contribution in [1.82, 2.24) is 14.1 Å². The molecule has 0 spiro atoms. The monoisotopic (exact) mass is 334 g/mol. The molecule has 2 heterocycles. The lowest BCUT2D eigenvalue weighted by atomic mass is 10.6. The molecule has 1 amide bonds. The Morgan fingerprint density at radius 2 is 2.29 bits per heavy atom. The Morgan fingerprint density at radius 3 is 2.95 bits per heavy atom. The van der Waals surface area contributed by atoms with Gasteiger partial charge >= 0.3 is 0 Å². The number of nitrogens with zero attached hydrogens (tertiary/aromatic N) is 2. The van der Waals surface area contributed by atoms with E-state index in [2.05, 4.69) is 15.1 Å². The highest BCUT2D eigenvalue weighted by Crippen LogP contribution is 2.24. The van der Waals surface area contributed by atoms with E-state index in [4.69, 9.17) is 16.3 Å². The van der Waals surface area contributed by atoms with Crippen LogP contribution >= 0.6 is 11.3 Å². The first-order chi connectivity index (χ1) is 9.95. The van der Waals surface area contributed by atoms with Crippen LogP contribution in [0.25, 0.3) is 4.96 Å². The van der Waals surface area contributed by atoms with Crippen LogP contribution in [0.2, 0.25) is 0 Å². The number of hydrazine groups is 1. The Balaban J connectivity index is 2.10. The number of sulfonamides is 1. The number of hydrogen-bond donors (Lipinski definition) is 4. The summed E-state index contributed by atoms with van der Waals surface area (Å²) in [4.78, 5) is 15.0. The summed E-state index contributed by atoms with van der Waals surface area (Å²) in [6, 6.07) is 0. The lowest BCUT2D eigenvalue weighted by Crippen LogP contribution is -2.30. The summed E-state index contributed by atoms with van der Waals surface area (Å²) in [6.45, 7) is -0.269. The summed E-state index contributed by atoms with van der Waals surface area (Å²) in [5.74, 6) is 4.72. The number of carbonyl (C=O) groups excluding carboxylic acids is 1. The molecule has 0 aliphatic carbocycles. The second-order valence-electron chi connectivity index (χ2n) is 3.88. The van der Waals surface area contributed by atoms with Crippen LogP contribution in [0.1, 0.15) is 0 Å². The lowest BCUT2D eigenvalue weighted by Gasteiger charge is -2.07. The van der Waals surface area contributed by atoms with Gasteiger partial charge in [-0.3, -0.25) is 9.20 Å². The number of hydrogen-bond acceptors (Lipinski definition) is 8. The van der Waals surface area contributed by atoms with Crippen LogP contribution in [0.3, 0.4) is 0 Å². The smallest absolute Gasteiger partial charge is 0.260 e. The zero-order valence-electron chi connectivity index (χ0n) is 10.8. The van der Waals surface area contributed by atoms with Gasteiger partial charge in [0.25, 0.3) is 10.0 Å². The molecule has 12 heteroatoms. The first-order valence-electron chi connectivity index (χ1n) is 5.73. The maximum absolute atomic E-state index is 12.3. The van der Waals surface area contributed by atoms with Crippen LogP contribution < -0.4 is 21.7 Å². The molecule has 2 rings (SSSR count). The number of nitrogen functional groups attached to an aromatic ring is 1. The number of amides is 1. The summed E-state index contributed by atoms with van der Waals surface area (Å²) < 4.78 is 33.2. The standard InChI is InChI=1S/C9H14N6O4S2/c10-6(16)5-19-3-1-12-21(17,18)8-7(14-11)13-9-15(8)2-4-20-9/h2,4,12,14H,1,3,5,11H2,(H2,10,16). The molecule has 0 saturated heterocycles. The summed E-state index contributed by atoms with van der Waals surface area (Å²) >= 11 is 1.28. The molecule has 2 aromatic heterocycles.